The fourth-order valence-corrected chi connectivity index (χ4v) is 5.67. The molecule has 1 saturated heterocycles. The highest BCUT2D eigenvalue weighted by molar-refractivity contribution is 7.88. The molecule has 0 bridgehead atoms. The molecule has 3 fully saturated rings. The van der Waals surface area contributed by atoms with Gasteiger partial charge in [-0.05, 0) is 61.3 Å². The number of alkyl halides is 3. The van der Waals surface area contributed by atoms with Crippen LogP contribution in [0.5, 0.6) is 5.75 Å². The van der Waals surface area contributed by atoms with Gasteiger partial charge in [0.15, 0.2) is 0 Å². The molecule has 0 unspecified atom stereocenters. The first kappa shape index (κ1) is 25.8. The minimum absolute atomic E-state index is 0.0120. The van der Waals surface area contributed by atoms with Gasteiger partial charge in [0.25, 0.3) is 5.91 Å². The fourth-order valence-electron chi connectivity index (χ4n) is 5.21. The van der Waals surface area contributed by atoms with Gasteiger partial charge < -0.3 is 9.08 Å². The Labute approximate surface area is 223 Å². The Balaban J connectivity index is 1.16. The molecular formula is C27H26F3N3O5S. The highest BCUT2D eigenvalue weighted by Crippen LogP contribution is 2.46. The maximum absolute atomic E-state index is 13.3. The zero-order valence-corrected chi connectivity index (χ0v) is 21.7. The van der Waals surface area contributed by atoms with Crippen molar-refractivity contribution in [2.45, 2.75) is 43.2 Å². The number of halogens is 3. The smallest absolute Gasteiger partial charge is 0.376 e. The number of rotatable bonds is 7. The molecule has 2 heterocycles. The number of carbonyl (C=O) groups excluding carboxylic acids is 2. The van der Waals surface area contributed by atoms with Crippen molar-refractivity contribution < 1.29 is 35.4 Å². The van der Waals surface area contributed by atoms with E-state index in [1.165, 1.54) is 12.1 Å². The van der Waals surface area contributed by atoms with Gasteiger partial charge in [0.2, 0.25) is 5.91 Å². The second-order valence-electron chi connectivity index (χ2n) is 10.7. The fraction of sp³-hybridized carbons (Fsp3) is 0.444. The van der Waals surface area contributed by atoms with Gasteiger partial charge >= 0.3 is 15.6 Å². The van der Waals surface area contributed by atoms with Crippen molar-refractivity contribution in [3.63, 3.8) is 0 Å². The summed E-state index contributed by atoms with van der Waals surface area (Å²) in [5.41, 5.74) is -4.01. The molecule has 1 atom stereocenters. The molecule has 0 N–H and O–H groups in total. The van der Waals surface area contributed by atoms with Gasteiger partial charge in [0.1, 0.15) is 17.1 Å². The van der Waals surface area contributed by atoms with Crippen molar-refractivity contribution in [2.75, 3.05) is 19.6 Å². The Bertz CT molecular complexity index is 1450. The van der Waals surface area contributed by atoms with E-state index in [0.29, 0.717) is 24.5 Å². The van der Waals surface area contributed by atoms with Crippen LogP contribution in [0.15, 0.2) is 53.5 Å². The van der Waals surface area contributed by atoms with Crippen LogP contribution < -0.4 is 4.18 Å². The minimum Gasteiger partial charge on any atom is -0.376 e. The SMILES string of the molecule is O=C(C1CC1)N1CC[C@@H](CN2C(=O)C3(CC3)N=C2c2ccc(-c3ccc(OS(=O)(=O)C(F)(F)F)cc3)cc2)C1. The van der Waals surface area contributed by atoms with Gasteiger partial charge in [-0.3, -0.25) is 19.5 Å². The van der Waals surface area contributed by atoms with Gasteiger partial charge in [-0.15, -0.1) is 0 Å². The molecule has 1 spiro atoms. The monoisotopic (exact) mass is 561 g/mol. The van der Waals surface area contributed by atoms with Gasteiger partial charge in [-0.25, -0.2) is 0 Å². The molecule has 0 radical (unpaired) electrons. The van der Waals surface area contributed by atoms with Crippen LogP contribution in [0.3, 0.4) is 0 Å². The van der Waals surface area contributed by atoms with Crippen molar-refractivity contribution in [1.82, 2.24) is 9.80 Å². The maximum Gasteiger partial charge on any atom is 0.534 e. The predicted molar refractivity (Wildman–Crippen MR) is 135 cm³/mol. The highest BCUT2D eigenvalue weighted by Gasteiger charge is 2.57. The van der Waals surface area contributed by atoms with Crippen molar-refractivity contribution in [1.29, 1.82) is 0 Å². The molecule has 2 aliphatic heterocycles. The van der Waals surface area contributed by atoms with Crippen LogP contribution >= 0.6 is 0 Å². The summed E-state index contributed by atoms with van der Waals surface area (Å²) < 4.78 is 64.3. The molecule has 2 aromatic carbocycles. The van der Waals surface area contributed by atoms with Crippen LogP contribution in [0.4, 0.5) is 13.2 Å². The summed E-state index contributed by atoms with van der Waals surface area (Å²) >= 11 is 0. The predicted octanol–water partition coefficient (Wildman–Crippen LogP) is 3.96. The molecular weight excluding hydrogens is 535 g/mol. The van der Waals surface area contributed by atoms with Gasteiger partial charge in [-0.2, -0.15) is 21.6 Å². The summed E-state index contributed by atoms with van der Waals surface area (Å²) in [6.45, 7) is 1.89. The molecule has 4 aliphatic rings. The molecule has 2 saturated carbocycles. The lowest BCUT2D eigenvalue weighted by molar-refractivity contribution is -0.131. The molecule has 206 valence electrons. The van der Waals surface area contributed by atoms with Crippen LogP contribution in [0, 0.1) is 11.8 Å². The van der Waals surface area contributed by atoms with Crippen molar-refractivity contribution in [3.8, 4) is 16.9 Å². The Morgan fingerprint density at radius 2 is 1.56 bits per heavy atom. The molecule has 2 aliphatic carbocycles. The Morgan fingerprint density at radius 3 is 2.13 bits per heavy atom. The number of hydrogen-bond acceptors (Lipinski definition) is 6. The van der Waals surface area contributed by atoms with E-state index in [4.69, 9.17) is 4.99 Å². The van der Waals surface area contributed by atoms with E-state index in [1.807, 2.05) is 29.2 Å². The van der Waals surface area contributed by atoms with Crippen LogP contribution in [0.2, 0.25) is 0 Å². The molecule has 2 aromatic rings. The van der Waals surface area contributed by atoms with E-state index in [1.54, 1.807) is 4.90 Å². The summed E-state index contributed by atoms with van der Waals surface area (Å²) in [4.78, 5) is 34.3. The van der Waals surface area contributed by atoms with Gasteiger partial charge in [0, 0.05) is 31.1 Å². The third kappa shape index (κ3) is 4.90. The Morgan fingerprint density at radius 1 is 0.974 bits per heavy atom. The zero-order chi connectivity index (χ0) is 27.6. The third-order valence-electron chi connectivity index (χ3n) is 7.73. The summed E-state index contributed by atoms with van der Waals surface area (Å²) in [6, 6.07) is 12.5. The summed E-state index contributed by atoms with van der Waals surface area (Å²) in [6.07, 6.45) is 4.24. The average Bonchev–Trinajstić information content (AvgIpc) is 3.82. The van der Waals surface area contributed by atoms with E-state index in [2.05, 4.69) is 4.18 Å². The first-order valence-corrected chi connectivity index (χ1v) is 14.3. The van der Waals surface area contributed by atoms with E-state index in [9.17, 15) is 31.2 Å². The van der Waals surface area contributed by atoms with E-state index in [0.717, 1.165) is 61.9 Å². The standard InChI is InChI=1S/C27H26F3N3O5S/c28-27(29,30)39(36,37)38-22-9-7-19(8-10-22)18-1-3-20(4-2-18)23-31-26(12-13-26)25(35)33(23)16-17-11-14-32(15-17)24(34)21-5-6-21/h1-4,7-10,17,21H,5-6,11-16H2/t17-/m1/s1. The first-order chi connectivity index (χ1) is 18.5. The van der Waals surface area contributed by atoms with E-state index >= 15 is 0 Å². The number of amides is 2. The molecule has 2 amide bonds. The van der Waals surface area contributed by atoms with Crippen LogP contribution in [0.1, 0.15) is 37.7 Å². The lowest BCUT2D eigenvalue weighted by Gasteiger charge is -2.23. The van der Waals surface area contributed by atoms with Crippen LogP contribution in [0.25, 0.3) is 11.1 Å². The summed E-state index contributed by atoms with van der Waals surface area (Å²) in [5, 5.41) is 0. The Kier molecular flexibility index (Phi) is 6.01. The van der Waals surface area contributed by atoms with E-state index in [-0.39, 0.29) is 23.7 Å². The number of hydrogen-bond donors (Lipinski definition) is 0. The number of carbonyl (C=O) groups is 2. The van der Waals surface area contributed by atoms with Gasteiger partial charge in [-0.1, -0.05) is 36.4 Å². The topological polar surface area (TPSA) is 96.3 Å². The molecule has 39 heavy (non-hydrogen) atoms. The number of likely N-dealkylation sites (tertiary alicyclic amines) is 1. The van der Waals surface area contributed by atoms with E-state index < -0.39 is 26.9 Å². The second-order valence-corrected chi connectivity index (χ2v) is 12.2. The lowest BCUT2D eigenvalue weighted by atomic mass is 10.0. The Hall–Kier alpha value is -3.41. The summed E-state index contributed by atoms with van der Waals surface area (Å²) in [7, 11) is -5.74. The first-order valence-electron chi connectivity index (χ1n) is 12.9. The number of aliphatic imine (C=N–C) groups is 1. The summed E-state index contributed by atoms with van der Waals surface area (Å²) in [5.74, 6) is 0.794. The quantitative estimate of drug-likeness (QED) is 0.377. The normalized spacial score (nSPS) is 22.4. The second kappa shape index (κ2) is 9.07. The van der Waals surface area contributed by atoms with Crippen molar-refractivity contribution in [3.05, 3.63) is 54.1 Å². The molecule has 8 nitrogen and oxygen atoms in total. The largest absolute Gasteiger partial charge is 0.534 e. The third-order valence-corrected chi connectivity index (χ3v) is 8.71. The number of nitrogens with zero attached hydrogens (tertiary/aromatic N) is 3. The van der Waals surface area contributed by atoms with Crippen LogP contribution in [-0.4, -0.2) is 66.5 Å². The molecule has 6 rings (SSSR count). The number of amidine groups is 1. The molecule has 0 aromatic heterocycles. The lowest BCUT2D eigenvalue weighted by Crippen LogP contribution is -2.40. The average molecular weight is 562 g/mol. The van der Waals surface area contributed by atoms with Gasteiger partial charge in [0.05, 0.1) is 0 Å². The highest BCUT2D eigenvalue weighted by atomic mass is 32.2. The van der Waals surface area contributed by atoms with Crippen LogP contribution in [-0.2, 0) is 19.7 Å². The zero-order valence-electron chi connectivity index (χ0n) is 20.9. The van der Waals surface area contributed by atoms with Crippen molar-refractivity contribution in [2.24, 2.45) is 16.8 Å². The number of benzene rings is 2. The van der Waals surface area contributed by atoms with Crippen molar-refractivity contribution >= 4 is 27.8 Å². The maximum atomic E-state index is 13.3. The minimum atomic E-state index is -5.74. The molecule has 12 heteroatoms.